The number of pyridine rings is 1. The number of hydrogen-bond acceptors (Lipinski definition) is 5. The Bertz CT molecular complexity index is 950. The molecule has 7 heteroatoms. The summed E-state index contributed by atoms with van der Waals surface area (Å²) in [5.41, 5.74) is 2.34. The van der Waals surface area contributed by atoms with Gasteiger partial charge in [-0.3, -0.25) is 4.79 Å². The summed E-state index contributed by atoms with van der Waals surface area (Å²) >= 11 is 6.14. The van der Waals surface area contributed by atoms with Gasteiger partial charge in [-0.25, -0.2) is 9.97 Å². The van der Waals surface area contributed by atoms with E-state index in [0.717, 1.165) is 0 Å². The lowest BCUT2D eigenvalue weighted by molar-refractivity contribution is 0.102. The molecule has 0 fully saturated rings. The smallest absolute Gasteiger partial charge is 0.257 e. The SMILES string of the molecule is CC(C)Oc1ncc(C(=O)Nc2ccc3oc(C(C)C)nc3c2)cc1Cl. The maximum Gasteiger partial charge on any atom is 0.257 e. The topological polar surface area (TPSA) is 77.2 Å². The Kier molecular flexibility index (Phi) is 5.13. The van der Waals surface area contributed by atoms with E-state index in [9.17, 15) is 4.79 Å². The summed E-state index contributed by atoms with van der Waals surface area (Å²) in [7, 11) is 0. The number of fused-ring (bicyclic) bond motifs is 1. The van der Waals surface area contributed by atoms with Crippen LogP contribution in [0.4, 0.5) is 5.69 Å². The van der Waals surface area contributed by atoms with Crippen LogP contribution in [0.1, 0.15) is 49.9 Å². The first kappa shape index (κ1) is 18.2. The fraction of sp³-hybridized carbons (Fsp3) is 0.316. The standard InChI is InChI=1S/C19H20ClN3O3/c1-10(2)18-23-15-8-13(5-6-16(15)26-18)22-17(24)12-7-14(20)19(21-9-12)25-11(3)4/h5-11H,1-4H3,(H,22,24). The maximum absolute atomic E-state index is 12.5. The number of carbonyl (C=O) groups is 1. The number of oxazole rings is 1. The second kappa shape index (κ2) is 7.33. The number of anilines is 1. The molecule has 3 aromatic rings. The second-order valence-corrected chi connectivity index (χ2v) is 6.93. The minimum absolute atomic E-state index is 0.0513. The molecule has 0 bridgehead atoms. The van der Waals surface area contributed by atoms with Crippen LogP contribution >= 0.6 is 11.6 Å². The van der Waals surface area contributed by atoms with E-state index in [-0.39, 0.29) is 17.9 Å². The number of nitrogens with zero attached hydrogens (tertiary/aromatic N) is 2. The summed E-state index contributed by atoms with van der Waals surface area (Å²) in [4.78, 5) is 21.0. The van der Waals surface area contributed by atoms with Gasteiger partial charge in [0.15, 0.2) is 11.5 Å². The van der Waals surface area contributed by atoms with E-state index in [4.69, 9.17) is 20.8 Å². The highest BCUT2D eigenvalue weighted by Gasteiger charge is 2.14. The third kappa shape index (κ3) is 3.96. The average Bonchev–Trinajstić information content (AvgIpc) is 3.00. The molecule has 3 rings (SSSR count). The van der Waals surface area contributed by atoms with E-state index in [0.29, 0.717) is 39.1 Å². The van der Waals surface area contributed by atoms with Gasteiger partial charge in [-0.1, -0.05) is 25.4 Å². The number of rotatable bonds is 5. The quantitative estimate of drug-likeness (QED) is 0.677. The Morgan fingerprint density at radius 1 is 1.23 bits per heavy atom. The largest absolute Gasteiger partial charge is 0.474 e. The Balaban J connectivity index is 1.79. The van der Waals surface area contributed by atoms with Crippen LogP contribution in [0.3, 0.4) is 0 Å². The molecule has 1 amide bonds. The van der Waals surface area contributed by atoms with Crippen molar-refractivity contribution in [2.45, 2.75) is 39.7 Å². The van der Waals surface area contributed by atoms with Crippen LogP contribution < -0.4 is 10.1 Å². The number of benzene rings is 1. The lowest BCUT2D eigenvalue weighted by Gasteiger charge is -2.11. The fourth-order valence-corrected chi connectivity index (χ4v) is 2.54. The molecule has 0 saturated heterocycles. The predicted octanol–water partition coefficient (Wildman–Crippen LogP) is 5.04. The number of hydrogen-bond donors (Lipinski definition) is 1. The lowest BCUT2D eigenvalue weighted by Crippen LogP contribution is -2.13. The van der Waals surface area contributed by atoms with Crippen LogP contribution in [0.25, 0.3) is 11.1 Å². The van der Waals surface area contributed by atoms with Gasteiger partial charge in [0, 0.05) is 17.8 Å². The van der Waals surface area contributed by atoms with Gasteiger partial charge in [0.05, 0.1) is 11.7 Å². The third-order valence-electron chi connectivity index (χ3n) is 3.57. The summed E-state index contributed by atoms with van der Waals surface area (Å²) in [6.45, 7) is 7.78. The predicted molar refractivity (Wildman–Crippen MR) is 101 cm³/mol. The van der Waals surface area contributed by atoms with Crippen LogP contribution in [0, 0.1) is 0 Å². The van der Waals surface area contributed by atoms with Crippen molar-refractivity contribution in [3.05, 3.63) is 46.9 Å². The molecule has 0 aliphatic rings. The molecule has 1 aromatic carbocycles. The van der Waals surface area contributed by atoms with Crippen molar-refractivity contribution in [1.82, 2.24) is 9.97 Å². The maximum atomic E-state index is 12.5. The second-order valence-electron chi connectivity index (χ2n) is 6.52. The summed E-state index contributed by atoms with van der Waals surface area (Å²) in [6, 6.07) is 6.86. The normalized spacial score (nSPS) is 11.3. The van der Waals surface area contributed by atoms with Crippen LogP contribution in [0.15, 0.2) is 34.9 Å². The van der Waals surface area contributed by atoms with Crippen molar-refractivity contribution in [3.8, 4) is 5.88 Å². The van der Waals surface area contributed by atoms with E-state index < -0.39 is 0 Å². The molecule has 0 aliphatic heterocycles. The average molecular weight is 374 g/mol. The first-order valence-electron chi connectivity index (χ1n) is 8.37. The Morgan fingerprint density at radius 3 is 2.65 bits per heavy atom. The number of ether oxygens (including phenoxy) is 1. The van der Waals surface area contributed by atoms with Crippen molar-refractivity contribution < 1.29 is 13.9 Å². The van der Waals surface area contributed by atoms with E-state index in [1.807, 2.05) is 27.7 Å². The van der Waals surface area contributed by atoms with E-state index in [1.54, 1.807) is 18.2 Å². The van der Waals surface area contributed by atoms with Crippen LogP contribution in [0.5, 0.6) is 5.88 Å². The van der Waals surface area contributed by atoms with Gasteiger partial charge in [0.1, 0.15) is 10.5 Å². The highest BCUT2D eigenvalue weighted by atomic mass is 35.5. The first-order chi connectivity index (χ1) is 12.3. The van der Waals surface area contributed by atoms with Gasteiger partial charge in [-0.2, -0.15) is 0 Å². The van der Waals surface area contributed by atoms with Crippen molar-refractivity contribution in [2.75, 3.05) is 5.32 Å². The minimum atomic E-state index is -0.317. The molecule has 0 unspecified atom stereocenters. The molecule has 0 atom stereocenters. The minimum Gasteiger partial charge on any atom is -0.474 e. The molecule has 0 aliphatic carbocycles. The summed E-state index contributed by atoms with van der Waals surface area (Å²) in [6.07, 6.45) is 1.38. The summed E-state index contributed by atoms with van der Waals surface area (Å²) < 4.78 is 11.1. The van der Waals surface area contributed by atoms with E-state index in [2.05, 4.69) is 15.3 Å². The van der Waals surface area contributed by atoms with Crippen molar-refractivity contribution in [3.63, 3.8) is 0 Å². The molecule has 0 radical (unpaired) electrons. The first-order valence-corrected chi connectivity index (χ1v) is 8.75. The Morgan fingerprint density at radius 2 is 2.00 bits per heavy atom. The zero-order chi connectivity index (χ0) is 18.8. The van der Waals surface area contributed by atoms with Gasteiger partial charge in [0.2, 0.25) is 5.88 Å². The van der Waals surface area contributed by atoms with Gasteiger partial charge in [-0.05, 0) is 38.1 Å². The van der Waals surface area contributed by atoms with E-state index in [1.165, 1.54) is 12.3 Å². The number of carbonyl (C=O) groups excluding carboxylic acids is 1. The molecule has 2 heterocycles. The molecule has 2 aromatic heterocycles. The highest BCUT2D eigenvalue weighted by molar-refractivity contribution is 6.32. The summed E-state index contributed by atoms with van der Waals surface area (Å²) in [5, 5.41) is 3.11. The van der Waals surface area contributed by atoms with Crippen molar-refractivity contribution in [1.29, 1.82) is 0 Å². The number of halogens is 1. The highest BCUT2D eigenvalue weighted by Crippen LogP contribution is 2.26. The summed E-state index contributed by atoms with van der Waals surface area (Å²) in [5.74, 6) is 0.853. The Hall–Kier alpha value is -2.60. The zero-order valence-electron chi connectivity index (χ0n) is 15.0. The van der Waals surface area contributed by atoms with Crippen molar-refractivity contribution in [2.24, 2.45) is 0 Å². The zero-order valence-corrected chi connectivity index (χ0v) is 15.8. The number of aromatic nitrogens is 2. The van der Waals surface area contributed by atoms with Crippen molar-refractivity contribution >= 4 is 34.3 Å². The molecular weight excluding hydrogens is 354 g/mol. The van der Waals surface area contributed by atoms with Gasteiger partial charge in [-0.15, -0.1) is 0 Å². The molecule has 0 saturated carbocycles. The number of amides is 1. The molecular formula is C19H20ClN3O3. The Labute approximate surface area is 156 Å². The van der Waals surface area contributed by atoms with Crippen LogP contribution in [-0.2, 0) is 0 Å². The lowest BCUT2D eigenvalue weighted by atomic mass is 10.2. The van der Waals surface area contributed by atoms with Crippen LogP contribution in [0.2, 0.25) is 5.02 Å². The molecule has 26 heavy (non-hydrogen) atoms. The number of nitrogens with one attached hydrogen (secondary N) is 1. The van der Waals surface area contributed by atoms with Crippen LogP contribution in [-0.4, -0.2) is 22.0 Å². The molecule has 0 spiro atoms. The third-order valence-corrected chi connectivity index (χ3v) is 3.84. The van der Waals surface area contributed by atoms with E-state index >= 15 is 0 Å². The molecule has 6 nitrogen and oxygen atoms in total. The monoisotopic (exact) mass is 373 g/mol. The molecule has 1 N–H and O–H groups in total. The van der Waals surface area contributed by atoms with Gasteiger partial charge < -0.3 is 14.5 Å². The van der Waals surface area contributed by atoms with Gasteiger partial charge >= 0.3 is 0 Å². The fourth-order valence-electron chi connectivity index (χ4n) is 2.33. The van der Waals surface area contributed by atoms with Gasteiger partial charge in [0.25, 0.3) is 5.91 Å². The molecule has 136 valence electrons.